The number of carbonyl (C=O) groups excluding carboxylic acids is 2. The van der Waals surface area contributed by atoms with Crippen LogP contribution in [-0.2, 0) is 22.6 Å². The summed E-state index contributed by atoms with van der Waals surface area (Å²) in [5.74, 6) is -0.225. The molecule has 0 radical (unpaired) electrons. The van der Waals surface area contributed by atoms with Gasteiger partial charge in [0.1, 0.15) is 5.75 Å². The number of likely N-dealkylation sites (tertiary alicyclic amines) is 1. The normalized spacial score (nSPS) is 15.0. The third-order valence-electron chi connectivity index (χ3n) is 11.2. The van der Waals surface area contributed by atoms with Crippen molar-refractivity contribution in [2.75, 3.05) is 39.8 Å². The van der Waals surface area contributed by atoms with E-state index in [9.17, 15) is 22.8 Å². The third kappa shape index (κ3) is 14.7. The average molecular weight is 812 g/mol. The minimum absolute atomic E-state index is 0.0209. The molecule has 11 heteroatoms. The molecule has 2 amide bonds. The fourth-order valence-electron chi connectivity index (χ4n) is 7.75. The van der Waals surface area contributed by atoms with Gasteiger partial charge in [-0.15, -0.1) is 0 Å². The molecule has 59 heavy (non-hydrogen) atoms. The summed E-state index contributed by atoms with van der Waals surface area (Å²) in [5.41, 5.74) is 6.08. The van der Waals surface area contributed by atoms with Gasteiger partial charge in [0.15, 0.2) is 0 Å². The van der Waals surface area contributed by atoms with Crippen LogP contribution < -0.4 is 10.1 Å². The van der Waals surface area contributed by atoms with Crippen molar-refractivity contribution in [1.82, 2.24) is 15.1 Å². The van der Waals surface area contributed by atoms with Crippen LogP contribution in [0, 0.1) is 11.8 Å². The highest BCUT2D eigenvalue weighted by atomic mass is 19.4. The van der Waals surface area contributed by atoms with Crippen LogP contribution in [0.2, 0.25) is 0 Å². The second kappa shape index (κ2) is 22.7. The van der Waals surface area contributed by atoms with Gasteiger partial charge in [0, 0.05) is 37.8 Å². The summed E-state index contributed by atoms with van der Waals surface area (Å²) in [6.45, 7) is 5.19. The van der Waals surface area contributed by atoms with E-state index in [1.807, 2.05) is 59.5 Å². The molecule has 0 aromatic heterocycles. The Morgan fingerprint density at radius 1 is 0.797 bits per heavy atom. The molecule has 4 aromatic carbocycles. The maximum absolute atomic E-state index is 13.7. The Kier molecular flexibility index (Phi) is 17.2. The molecule has 0 bridgehead atoms. The molecule has 2 N–H and O–H groups in total. The number of alkyl halides is 3. The summed E-state index contributed by atoms with van der Waals surface area (Å²) < 4.78 is 37.0. The molecule has 2 aliphatic rings. The number of hydrogen-bond donors (Lipinski definition) is 2. The maximum Gasteiger partial charge on any atom is 0.490 e. The molecule has 0 spiro atoms. The van der Waals surface area contributed by atoms with Gasteiger partial charge in [-0.1, -0.05) is 92.1 Å². The molecule has 6 rings (SSSR count). The van der Waals surface area contributed by atoms with Crippen molar-refractivity contribution in [2.24, 2.45) is 11.8 Å². The van der Waals surface area contributed by atoms with E-state index >= 15 is 0 Å². The second-order valence-electron chi connectivity index (χ2n) is 15.4. The Hall–Kier alpha value is -5.42. The topological polar surface area (TPSA) is 99.2 Å². The molecule has 2 aliphatic heterocycles. The third-order valence-corrected chi connectivity index (χ3v) is 11.2. The first-order chi connectivity index (χ1) is 28.5. The van der Waals surface area contributed by atoms with Gasteiger partial charge in [0.05, 0.1) is 7.11 Å². The molecule has 2 saturated heterocycles. The van der Waals surface area contributed by atoms with E-state index in [-0.39, 0.29) is 11.8 Å². The van der Waals surface area contributed by atoms with Crippen LogP contribution in [0.5, 0.6) is 5.75 Å². The van der Waals surface area contributed by atoms with E-state index in [1.54, 1.807) is 13.2 Å². The van der Waals surface area contributed by atoms with Gasteiger partial charge in [-0.25, -0.2) is 4.79 Å². The van der Waals surface area contributed by atoms with E-state index in [0.717, 1.165) is 84.2 Å². The predicted octanol–water partition coefficient (Wildman–Crippen LogP) is 9.69. The number of amides is 2. The van der Waals surface area contributed by atoms with Crippen molar-refractivity contribution < 1.29 is 37.4 Å². The number of halogens is 3. The Labute approximate surface area is 346 Å². The summed E-state index contributed by atoms with van der Waals surface area (Å²) in [6.07, 6.45) is 9.07. The molecule has 8 nitrogen and oxygen atoms in total. The number of nitrogens with one attached hydrogen (secondary N) is 1. The van der Waals surface area contributed by atoms with Crippen LogP contribution in [0.25, 0.3) is 17.2 Å². The number of aliphatic carboxylic acids is 1. The quantitative estimate of drug-likeness (QED) is 0.116. The minimum Gasteiger partial charge on any atom is -0.497 e. The molecular formula is C48H56F3N3O5. The van der Waals surface area contributed by atoms with Crippen LogP contribution in [-0.4, -0.2) is 78.7 Å². The largest absolute Gasteiger partial charge is 0.497 e. The van der Waals surface area contributed by atoms with E-state index < -0.39 is 12.1 Å². The van der Waals surface area contributed by atoms with Gasteiger partial charge >= 0.3 is 12.1 Å². The van der Waals surface area contributed by atoms with E-state index in [4.69, 9.17) is 14.6 Å². The summed E-state index contributed by atoms with van der Waals surface area (Å²) in [7, 11) is 1.65. The van der Waals surface area contributed by atoms with Crippen molar-refractivity contribution in [2.45, 2.75) is 70.5 Å². The Morgan fingerprint density at radius 3 is 2.05 bits per heavy atom. The zero-order valence-electron chi connectivity index (χ0n) is 33.8. The molecule has 0 unspecified atom stereocenters. The Morgan fingerprint density at radius 2 is 1.41 bits per heavy atom. The molecule has 2 fully saturated rings. The average Bonchev–Trinajstić information content (AvgIpc) is 3.26. The predicted molar refractivity (Wildman–Crippen MR) is 226 cm³/mol. The van der Waals surface area contributed by atoms with Gasteiger partial charge < -0.3 is 25.0 Å². The lowest BCUT2D eigenvalue weighted by atomic mass is 9.87. The standard InChI is InChI=1S/C46H55N3O3.C2HF3O2/c1-52-44-21-18-39(19-22-44)20-23-45(50)49(30-8-14-36-9-3-2-4-10-36)35-40-13-6-15-41(33-40)42-16-7-17-43(34-42)46(51)48-31-26-38(27-32-48)12-5-11-37-24-28-47-29-25-37;3-2(4,5)1(6)7/h2-4,6-7,9-10,13,15-23,33-34,37-38,47H,5,8,11-12,14,24-32,35H2,1H3;(H,6,7). The second-order valence-corrected chi connectivity index (χ2v) is 15.4. The van der Waals surface area contributed by atoms with Crippen molar-refractivity contribution >= 4 is 23.9 Å². The number of hydrogen-bond acceptors (Lipinski definition) is 5. The molecular weight excluding hydrogens is 756 g/mol. The van der Waals surface area contributed by atoms with Crippen LogP contribution in [0.4, 0.5) is 13.2 Å². The van der Waals surface area contributed by atoms with E-state index in [1.165, 1.54) is 50.8 Å². The summed E-state index contributed by atoms with van der Waals surface area (Å²) >= 11 is 0. The lowest BCUT2D eigenvalue weighted by Gasteiger charge is -2.32. The molecule has 314 valence electrons. The number of methoxy groups -OCH3 is 1. The summed E-state index contributed by atoms with van der Waals surface area (Å²) in [5, 5.41) is 10.6. The number of carboxylic acid groups (broad SMARTS) is 1. The van der Waals surface area contributed by atoms with Gasteiger partial charge in [-0.05, 0) is 128 Å². The van der Waals surface area contributed by atoms with Crippen molar-refractivity contribution in [3.63, 3.8) is 0 Å². The SMILES string of the molecule is COc1ccc(C=CC(=O)N(CCCc2ccccc2)Cc2cccc(-c3cccc(C(=O)N4CCC(CCCC5CCNCC5)CC4)c3)c2)cc1.O=C(O)C(F)(F)F. The summed E-state index contributed by atoms with van der Waals surface area (Å²) in [4.78, 5) is 40.2. The monoisotopic (exact) mass is 811 g/mol. The van der Waals surface area contributed by atoms with Crippen molar-refractivity contribution in [3.05, 3.63) is 131 Å². The minimum atomic E-state index is -5.08. The number of aryl methyl sites for hydroxylation is 1. The highest BCUT2D eigenvalue weighted by Crippen LogP contribution is 2.28. The van der Waals surface area contributed by atoms with Gasteiger partial charge in [-0.2, -0.15) is 13.2 Å². The highest BCUT2D eigenvalue weighted by Gasteiger charge is 2.38. The zero-order chi connectivity index (χ0) is 42.0. The van der Waals surface area contributed by atoms with Crippen molar-refractivity contribution in [3.8, 4) is 16.9 Å². The van der Waals surface area contributed by atoms with Crippen LogP contribution in [0.3, 0.4) is 0 Å². The number of ether oxygens (including phenoxy) is 1. The first kappa shape index (κ1) is 44.7. The van der Waals surface area contributed by atoms with Gasteiger partial charge in [0.2, 0.25) is 5.91 Å². The fourth-order valence-corrected chi connectivity index (χ4v) is 7.75. The van der Waals surface area contributed by atoms with E-state index in [2.05, 4.69) is 64.8 Å². The summed E-state index contributed by atoms with van der Waals surface area (Å²) in [6, 6.07) is 34.5. The lowest BCUT2D eigenvalue weighted by Crippen LogP contribution is -2.38. The number of carboxylic acids is 1. The highest BCUT2D eigenvalue weighted by molar-refractivity contribution is 5.95. The van der Waals surface area contributed by atoms with Crippen LogP contribution >= 0.6 is 0 Å². The molecule has 0 saturated carbocycles. The first-order valence-electron chi connectivity index (χ1n) is 20.6. The van der Waals surface area contributed by atoms with Gasteiger partial charge in [0.25, 0.3) is 5.91 Å². The molecule has 0 aliphatic carbocycles. The Bertz CT molecular complexity index is 1950. The molecule has 0 atom stereocenters. The van der Waals surface area contributed by atoms with E-state index in [0.29, 0.717) is 13.1 Å². The number of nitrogens with zero attached hydrogens (tertiary/aromatic N) is 2. The van der Waals surface area contributed by atoms with Crippen LogP contribution in [0.1, 0.15) is 78.4 Å². The first-order valence-corrected chi connectivity index (χ1v) is 20.6. The van der Waals surface area contributed by atoms with Crippen LogP contribution in [0.15, 0.2) is 109 Å². The zero-order valence-corrected chi connectivity index (χ0v) is 33.8. The van der Waals surface area contributed by atoms with Crippen molar-refractivity contribution in [1.29, 1.82) is 0 Å². The smallest absolute Gasteiger partial charge is 0.490 e. The number of piperidine rings is 2. The fraction of sp³-hybridized carbons (Fsp3) is 0.396. The number of benzene rings is 4. The Balaban J connectivity index is 0.000000867. The maximum atomic E-state index is 13.7. The molecule has 4 aromatic rings. The lowest BCUT2D eigenvalue weighted by molar-refractivity contribution is -0.192. The van der Waals surface area contributed by atoms with Gasteiger partial charge in [-0.3, -0.25) is 9.59 Å². The molecule has 2 heterocycles. The number of carbonyl (C=O) groups is 3. The number of rotatable bonds is 15.